The van der Waals surface area contributed by atoms with Gasteiger partial charge in [-0.1, -0.05) is 23.7 Å². The first kappa shape index (κ1) is 15.2. The molecule has 0 radical (unpaired) electrons. The smallest absolute Gasteiger partial charge is 0.258 e. The number of nitrogens with one attached hydrogen (secondary N) is 2. The third-order valence-electron chi connectivity index (χ3n) is 3.38. The Bertz CT molecular complexity index is 904. The minimum Gasteiger partial charge on any atom is -0.326 e. The van der Waals surface area contributed by atoms with Crippen LogP contribution in [0.25, 0.3) is 10.9 Å². The van der Waals surface area contributed by atoms with E-state index in [9.17, 15) is 9.59 Å². The van der Waals surface area contributed by atoms with Crippen molar-refractivity contribution in [2.45, 2.75) is 12.8 Å². The lowest BCUT2D eigenvalue weighted by atomic mass is 10.2. The lowest BCUT2D eigenvalue weighted by Crippen LogP contribution is -2.16. The fourth-order valence-corrected chi connectivity index (χ4v) is 2.37. The Morgan fingerprint density at radius 3 is 2.65 bits per heavy atom. The molecule has 0 unspecified atom stereocenters. The van der Waals surface area contributed by atoms with Crippen LogP contribution in [-0.4, -0.2) is 15.9 Å². The van der Waals surface area contributed by atoms with Crippen LogP contribution in [0.4, 0.5) is 5.69 Å². The maximum absolute atomic E-state index is 12.0. The number of carbonyl (C=O) groups is 1. The van der Waals surface area contributed by atoms with Crippen molar-refractivity contribution in [2.24, 2.45) is 0 Å². The van der Waals surface area contributed by atoms with Crippen molar-refractivity contribution in [2.75, 3.05) is 5.32 Å². The van der Waals surface area contributed by atoms with Crippen molar-refractivity contribution in [3.05, 3.63) is 69.7 Å². The van der Waals surface area contributed by atoms with E-state index in [4.69, 9.17) is 11.6 Å². The Hall–Kier alpha value is -2.66. The number of para-hydroxylation sites is 1. The number of benzene rings is 2. The summed E-state index contributed by atoms with van der Waals surface area (Å²) in [5.41, 5.74) is 1.12. The van der Waals surface area contributed by atoms with E-state index >= 15 is 0 Å². The van der Waals surface area contributed by atoms with Gasteiger partial charge in [-0.3, -0.25) is 9.59 Å². The number of nitrogens with zero attached hydrogens (tertiary/aromatic N) is 1. The van der Waals surface area contributed by atoms with Gasteiger partial charge in [-0.05, 0) is 36.4 Å². The molecule has 0 saturated carbocycles. The molecule has 0 aliphatic rings. The van der Waals surface area contributed by atoms with Gasteiger partial charge in [-0.2, -0.15) is 0 Å². The van der Waals surface area contributed by atoms with Crippen LogP contribution in [-0.2, 0) is 11.2 Å². The lowest BCUT2D eigenvalue weighted by Gasteiger charge is -2.06. The number of hydrogen-bond acceptors (Lipinski definition) is 3. The molecule has 0 saturated heterocycles. The summed E-state index contributed by atoms with van der Waals surface area (Å²) in [6.07, 6.45) is 0.587. The third kappa shape index (κ3) is 3.76. The normalized spacial score (nSPS) is 10.7. The first-order valence-corrected chi connectivity index (χ1v) is 7.53. The van der Waals surface area contributed by atoms with E-state index < -0.39 is 0 Å². The number of carbonyl (C=O) groups excluding carboxylic acids is 1. The monoisotopic (exact) mass is 327 g/mol. The average Bonchev–Trinajstić information content (AvgIpc) is 2.55. The van der Waals surface area contributed by atoms with Crippen molar-refractivity contribution in [3.8, 4) is 0 Å². The molecule has 0 aliphatic carbocycles. The van der Waals surface area contributed by atoms with Crippen molar-refractivity contribution in [3.63, 3.8) is 0 Å². The number of anilines is 1. The van der Waals surface area contributed by atoms with Gasteiger partial charge < -0.3 is 10.3 Å². The van der Waals surface area contributed by atoms with Crippen LogP contribution in [0, 0.1) is 0 Å². The minimum atomic E-state index is -0.191. The van der Waals surface area contributed by atoms with Crippen molar-refractivity contribution in [1.29, 1.82) is 0 Å². The zero-order chi connectivity index (χ0) is 16.2. The molecule has 0 bridgehead atoms. The molecule has 23 heavy (non-hydrogen) atoms. The standard InChI is InChI=1S/C17H14ClN3O2/c18-11-5-7-12(8-6-11)19-16(22)10-9-15-20-14-4-2-1-3-13(14)17(23)21-15/h1-8H,9-10H2,(H,19,22)(H,20,21,23). The highest BCUT2D eigenvalue weighted by Gasteiger charge is 2.07. The van der Waals surface area contributed by atoms with E-state index in [1.54, 1.807) is 42.5 Å². The predicted molar refractivity (Wildman–Crippen MR) is 90.8 cm³/mol. The summed E-state index contributed by atoms with van der Waals surface area (Å²) in [4.78, 5) is 31.0. The molecule has 2 N–H and O–H groups in total. The summed E-state index contributed by atoms with van der Waals surface area (Å²) in [5.74, 6) is 0.350. The van der Waals surface area contributed by atoms with Crippen molar-refractivity contribution < 1.29 is 4.79 Å². The topological polar surface area (TPSA) is 74.8 Å². The first-order chi connectivity index (χ1) is 11.1. The number of aromatic nitrogens is 2. The number of rotatable bonds is 4. The quantitative estimate of drug-likeness (QED) is 0.773. The molecule has 3 rings (SSSR count). The van der Waals surface area contributed by atoms with E-state index in [2.05, 4.69) is 15.3 Å². The van der Waals surface area contributed by atoms with Crippen LogP contribution in [0.2, 0.25) is 5.02 Å². The van der Waals surface area contributed by atoms with Crippen LogP contribution in [0.3, 0.4) is 0 Å². The van der Waals surface area contributed by atoms with Gasteiger partial charge in [-0.15, -0.1) is 0 Å². The summed E-state index contributed by atoms with van der Waals surface area (Å²) in [6.45, 7) is 0. The SMILES string of the molecule is O=C(CCc1nc2ccccc2c(=O)[nH]1)Nc1ccc(Cl)cc1. The van der Waals surface area contributed by atoms with E-state index in [1.165, 1.54) is 0 Å². The highest BCUT2D eigenvalue weighted by Crippen LogP contribution is 2.14. The van der Waals surface area contributed by atoms with Crippen LogP contribution in [0.15, 0.2) is 53.3 Å². The fourth-order valence-electron chi connectivity index (χ4n) is 2.24. The van der Waals surface area contributed by atoms with E-state index in [1.807, 2.05) is 6.07 Å². The molecule has 1 aromatic heterocycles. The van der Waals surface area contributed by atoms with E-state index in [0.717, 1.165) is 0 Å². The van der Waals surface area contributed by atoms with Gasteiger partial charge >= 0.3 is 0 Å². The number of H-pyrrole nitrogens is 1. The molecule has 0 aliphatic heterocycles. The second kappa shape index (κ2) is 6.62. The predicted octanol–water partition coefficient (Wildman–Crippen LogP) is 3.15. The van der Waals surface area contributed by atoms with Crippen molar-refractivity contribution in [1.82, 2.24) is 9.97 Å². The Labute approximate surface area is 137 Å². The zero-order valence-corrected chi connectivity index (χ0v) is 12.9. The number of amides is 1. The van der Waals surface area contributed by atoms with Gasteiger partial charge in [0.1, 0.15) is 5.82 Å². The second-order valence-electron chi connectivity index (χ2n) is 5.08. The minimum absolute atomic E-state index is 0.150. The van der Waals surface area contributed by atoms with E-state index in [0.29, 0.717) is 33.9 Å². The molecule has 1 amide bonds. The maximum Gasteiger partial charge on any atom is 0.258 e. The molecule has 0 fully saturated rings. The highest BCUT2D eigenvalue weighted by molar-refractivity contribution is 6.30. The Morgan fingerprint density at radius 1 is 1.13 bits per heavy atom. The third-order valence-corrected chi connectivity index (χ3v) is 3.63. The number of hydrogen-bond donors (Lipinski definition) is 2. The molecule has 0 atom stereocenters. The molecule has 116 valence electrons. The highest BCUT2D eigenvalue weighted by atomic mass is 35.5. The van der Waals surface area contributed by atoms with Gasteiger partial charge in [0.2, 0.25) is 5.91 Å². The molecule has 6 heteroatoms. The molecule has 0 spiro atoms. The molecule has 1 heterocycles. The Kier molecular flexibility index (Phi) is 4.39. The van der Waals surface area contributed by atoms with Gasteiger partial charge in [0.05, 0.1) is 10.9 Å². The first-order valence-electron chi connectivity index (χ1n) is 7.15. The van der Waals surface area contributed by atoms with Gasteiger partial charge in [0.25, 0.3) is 5.56 Å². The summed E-state index contributed by atoms with van der Waals surface area (Å²) in [7, 11) is 0. The number of fused-ring (bicyclic) bond motifs is 1. The number of aromatic amines is 1. The summed E-state index contributed by atoms with van der Waals surface area (Å²) < 4.78 is 0. The van der Waals surface area contributed by atoms with Gasteiger partial charge in [-0.25, -0.2) is 4.98 Å². The van der Waals surface area contributed by atoms with Crippen LogP contribution in [0.1, 0.15) is 12.2 Å². The second-order valence-corrected chi connectivity index (χ2v) is 5.52. The van der Waals surface area contributed by atoms with Gasteiger partial charge in [0.15, 0.2) is 0 Å². The average molecular weight is 328 g/mol. The van der Waals surface area contributed by atoms with Crippen LogP contribution < -0.4 is 10.9 Å². The largest absolute Gasteiger partial charge is 0.326 e. The maximum atomic E-state index is 12.0. The Morgan fingerprint density at radius 2 is 1.87 bits per heavy atom. The lowest BCUT2D eigenvalue weighted by molar-refractivity contribution is -0.116. The van der Waals surface area contributed by atoms with Crippen LogP contribution >= 0.6 is 11.6 Å². The van der Waals surface area contributed by atoms with Crippen LogP contribution in [0.5, 0.6) is 0 Å². The van der Waals surface area contributed by atoms with E-state index in [-0.39, 0.29) is 17.9 Å². The molecule has 2 aromatic carbocycles. The molecule has 3 aromatic rings. The fraction of sp³-hybridized carbons (Fsp3) is 0.118. The van der Waals surface area contributed by atoms with Gasteiger partial charge in [0, 0.05) is 23.6 Å². The molecular formula is C17H14ClN3O2. The summed E-state index contributed by atoms with van der Waals surface area (Å²) in [5, 5.41) is 3.93. The Balaban J connectivity index is 1.67. The number of halogens is 1. The van der Waals surface area contributed by atoms with Crippen molar-refractivity contribution >= 4 is 34.1 Å². The molecular weight excluding hydrogens is 314 g/mol. The summed E-state index contributed by atoms with van der Waals surface area (Å²) >= 11 is 5.80. The summed E-state index contributed by atoms with van der Waals surface area (Å²) in [6, 6.07) is 14.0. The zero-order valence-electron chi connectivity index (χ0n) is 12.2. The molecule has 5 nitrogen and oxygen atoms in total. The number of aryl methyl sites for hydroxylation is 1.